The van der Waals surface area contributed by atoms with Crippen molar-refractivity contribution in [2.45, 2.75) is 65.8 Å². The van der Waals surface area contributed by atoms with Gasteiger partial charge in [-0.25, -0.2) is 0 Å². The summed E-state index contributed by atoms with van der Waals surface area (Å²) in [6, 6.07) is 4.17. The topological polar surface area (TPSA) is 46.6 Å². The van der Waals surface area contributed by atoms with Gasteiger partial charge in [-0.15, -0.1) is 0 Å². The lowest BCUT2D eigenvalue weighted by Gasteiger charge is -2.30. The first-order valence-electron chi connectivity index (χ1n) is 8.41. The summed E-state index contributed by atoms with van der Waals surface area (Å²) >= 11 is 0. The van der Waals surface area contributed by atoms with Crippen LogP contribution in [0.4, 0.5) is 0 Å². The predicted molar refractivity (Wildman–Crippen MR) is 101 cm³/mol. The van der Waals surface area contributed by atoms with E-state index in [1.165, 1.54) is 5.56 Å². The molecule has 0 bridgehead atoms. The van der Waals surface area contributed by atoms with Gasteiger partial charge in [0.15, 0.2) is 0 Å². The van der Waals surface area contributed by atoms with Crippen molar-refractivity contribution in [2.75, 3.05) is 19.8 Å². The van der Waals surface area contributed by atoms with E-state index in [1.54, 1.807) is 0 Å². The first kappa shape index (κ1) is 21.0. The Hall–Kier alpha value is -1.07. The molecule has 0 fully saturated rings. The summed E-state index contributed by atoms with van der Waals surface area (Å²) in [6.45, 7) is 16.4. The molecule has 4 nitrogen and oxygen atoms in total. The molecule has 0 N–H and O–H groups in total. The second-order valence-electron chi connectivity index (χ2n) is 8.64. The van der Waals surface area contributed by atoms with Crippen molar-refractivity contribution in [1.29, 1.82) is 0 Å². The van der Waals surface area contributed by atoms with Crippen LogP contribution in [-0.2, 0) is 27.5 Å². The van der Waals surface area contributed by atoms with Crippen molar-refractivity contribution in [1.82, 2.24) is 4.90 Å². The van der Waals surface area contributed by atoms with Gasteiger partial charge >= 0.3 is 10.1 Å². The van der Waals surface area contributed by atoms with Crippen LogP contribution in [0.5, 0.6) is 5.75 Å². The Balaban J connectivity index is 3.70. The highest BCUT2D eigenvalue weighted by atomic mass is 32.2. The van der Waals surface area contributed by atoms with E-state index in [1.807, 2.05) is 0 Å². The summed E-state index contributed by atoms with van der Waals surface area (Å²) in [7, 11) is -1.52. The van der Waals surface area contributed by atoms with Crippen molar-refractivity contribution in [3.63, 3.8) is 0 Å². The molecule has 0 radical (unpaired) electrons. The summed E-state index contributed by atoms with van der Waals surface area (Å²) in [5.74, 6) is 0.486. The molecule has 0 aliphatic heterocycles. The lowest BCUT2D eigenvalue weighted by molar-refractivity contribution is 0.344. The summed E-state index contributed by atoms with van der Waals surface area (Å²) in [5.41, 5.74) is 2.59. The van der Waals surface area contributed by atoms with Crippen LogP contribution in [0.1, 0.15) is 65.2 Å². The van der Waals surface area contributed by atoms with E-state index in [-0.39, 0.29) is 10.8 Å². The Morgan fingerprint density at radius 1 is 1.00 bits per heavy atom. The van der Waals surface area contributed by atoms with E-state index >= 15 is 0 Å². The van der Waals surface area contributed by atoms with Gasteiger partial charge in [-0.3, -0.25) is 0 Å². The number of rotatable bonds is 5. The van der Waals surface area contributed by atoms with Crippen molar-refractivity contribution in [2.24, 2.45) is 0 Å². The molecule has 1 aromatic rings. The third kappa shape index (κ3) is 5.78. The molecule has 1 aromatic carbocycles. The van der Waals surface area contributed by atoms with Crippen LogP contribution in [0.2, 0.25) is 0 Å². The van der Waals surface area contributed by atoms with Crippen LogP contribution < -0.4 is 4.18 Å². The van der Waals surface area contributed by atoms with Crippen LogP contribution in [0.25, 0.3) is 0 Å². The molecule has 0 unspecified atom stereocenters. The minimum Gasteiger partial charge on any atom is -0.382 e. The largest absolute Gasteiger partial charge is 0.382 e. The molecule has 0 spiro atoms. The van der Waals surface area contributed by atoms with Crippen molar-refractivity contribution in [3.8, 4) is 5.75 Å². The van der Waals surface area contributed by atoms with Gasteiger partial charge in [-0.2, -0.15) is 8.42 Å². The standard InChI is InChI=1S/C19H33NO3S/c1-10-20(8)13-14-11-15(18(2,3)4)17(23-24(9,21)22)16(12-14)19(5,6)7/h11-12H,10,13H2,1-9H3. The molecule has 24 heavy (non-hydrogen) atoms. The summed E-state index contributed by atoms with van der Waals surface area (Å²) in [6.07, 6.45) is 1.10. The lowest BCUT2D eigenvalue weighted by Crippen LogP contribution is -2.23. The first-order valence-corrected chi connectivity index (χ1v) is 10.2. The zero-order chi connectivity index (χ0) is 18.9. The molecule has 1 rings (SSSR count). The predicted octanol–water partition coefficient (Wildman–Crippen LogP) is 4.07. The fourth-order valence-electron chi connectivity index (χ4n) is 2.56. The highest BCUT2D eigenvalue weighted by molar-refractivity contribution is 7.86. The molecule has 138 valence electrons. The summed E-state index contributed by atoms with van der Waals surface area (Å²) in [4.78, 5) is 2.23. The Bertz CT molecular complexity index is 645. The molecular weight excluding hydrogens is 322 g/mol. The summed E-state index contributed by atoms with van der Waals surface area (Å²) in [5, 5.41) is 0. The number of hydrogen-bond acceptors (Lipinski definition) is 4. The third-order valence-electron chi connectivity index (χ3n) is 3.99. The molecule has 0 aliphatic rings. The molecular formula is C19H33NO3S. The van der Waals surface area contributed by atoms with Crippen molar-refractivity contribution >= 4 is 10.1 Å². The van der Waals surface area contributed by atoms with Gasteiger partial charge in [0.1, 0.15) is 5.75 Å². The van der Waals surface area contributed by atoms with E-state index in [4.69, 9.17) is 4.18 Å². The van der Waals surface area contributed by atoms with Gasteiger partial charge in [0.2, 0.25) is 0 Å². The maximum Gasteiger partial charge on any atom is 0.306 e. The highest BCUT2D eigenvalue weighted by Crippen LogP contribution is 2.41. The van der Waals surface area contributed by atoms with E-state index < -0.39 is 10.1 Å². The van der Waals surface area contributed by atoms with Crippen LogP contribution in [0.15, 0.2) is 12.1 Å². The number of nitrogens with zero attached hydrogens (tertiary/aromatic N) is 1. The number of hydrogen-bond donors (Lipinski definition) is 0. The Morgan fingerprint density at radius 2 is 1.42 bits per heavy atom. The minimum absolute atomic E-state index is 0.221. The van der Waals surface area contributed by atoms with Gasteiger partial charge in [0.05, 0.1) is 6.26 Å². The fraction of sp³-hybridized carbons (Fsp3) is 0.684. The van der Waals surface area contributed by atoms with E-state index in [0.29, 0.717) is 5.75 Å². The third-order valence-corrected chi connectivity index (χ3v) is 4.46. The summed E-state index contributed by atoms with van der Waals surface area (Å²) < 4.78 is 29.1. The zero-order valence-corrected chi connectivity index (χ0v) is 17.5. The Morgan fingerprint density at radius 3 is 1.71 bits per heavy atom. The van der Waals surface area contributed by atoms with E-state index in [0.717, 1.165) is 30.5 Å². The molecule has 0 aliphatic carbocycles. The molecule has 0 amide bonds. The molecule has 0 saturated heterocycles. The normalized spacial score (nSPS) is 13.4. The number of benzene rings is 1. The molecule has 0 heterocycles. The fourth-order valence-corrected chi connectivity index (χ4v) is 3.04. The maximum atomic E-state index is 11.8. The second-order valence-corrected chi connectivity index (χ2v) is 10.2. The Kier molecular flexibility index (Phi) is 6.16. The Labute approximate surface area is 148 Å². The van der Waals surface area contributed by atoms with Crippen LogP contribution >= 0.6 is 0 Å². The first-order chi connectivity index (χ1) is 10.6. The van der Waals surface area contributed by atoms with Gasteiger partial charge in [0.25, 0.3) is 0 Å². The smallest absolute Gasteiger partial charge is 0.306 e. The van der Waals surface area contributed by atoms with E-state index in [2.05, 4.69) is 72.5 Å². The molecule has 0 saturated carbocycles. The van der Waals surface area contributed by atoms with Crippen LogP contribution in [-0.4, -0.2) is 33.2 Å². The van der Waals surface area contributed by atoms with Gasteiger partial charge < -0.3 is 9.08 Å². The molecule has 5 heteroatoms. The maximum absolute atomic E-state index is 11.8. The quantitative estimate of drug-likeness (QED) is 0.747. The lowest BCUT2D eigenvalue weighted by atomic mass is 9.78. The SMILES string of the molecule is CCN(C)Cc1cc(C(C)(C)C)c(OS(C)(=O)=O)c(C(C)(C)C)c1. The van der Waals surface area contributed by atoms with Crippen molar-refractivity contribution in [3.05, 3.63) is 28.8 Å². The molecule has 0 aromatic heterocycles. The zero-order valence-electron chi connectivity index (χ0n) is 16.6. The van der Waals surface area contributed by atoms with Crippen LogP contribution in [0, 0.1) is 0 Å². The average Bonchev–Trinajstić information content (AvgIpc) is 2.35. The monoisotopic (exact) mass is 355 g/mol. The second kappa shape index (κ2) is 7.04. The highest BCUT2D eigenvalue weighted by Gasteiger charge is 2.29. The average molecular weight is 356 g/mol. The van der Waals surface area contributed by atoms with Gasteiger partial charge in [-0.05, 0) is 30.0 Å². The van der Waals surface area contributed by atoms with Gasteiger partial charge in [-0.1, -0.05) is 60.6 Å². The minimum atomic E-state index is -3.59. The molecule has 0 atom stereocenters. The van der Waals surface area contributed by atoms with Crippen molar-refractivity contribution < 1.29 is 12.6 Å². The van der Waals surface area contributed by atoms with Crippen LogP contribution in [0.3, 0.4) is 0 Å². The van der Waals surface area contributed by atoms with Gasteiger partial charge in [0, 0.05) is 17.7 Å². The van der Waals surface area contributed by atoms with E-state index in [9.17, 15) is 8.42 Å².